The van der Waals surface area contributed by atoms with E-state index in [-0.39, 0.29) is 5.91 Å². The van der Waals surface area contributed by atoms with Crippen LogP contribution in [-0.2, 0) is 13.0 Å². The molecule has 0 saturated carbocycles. The molecular formula is C25H27N5O. The predicted molar refractivity (Wildman–Crippen MR) is 121 cm³/mol. The second-order valence-corrected chi connectivity index (χ2v) is 8.28. The fourth-order valence-electron chi connectivity index (χ4n) is 4.50. The van der Waals surface area contributed by atoms with E-state index in [2.05, 4.69) is 22.0 Å². The van der Waals surface area contributed by atoms with Crippen LogP contribution in [0.15, 0.2) is 54.9 Å². The third-order valence-corrected chi connectivity index (χ3v) is 6.17. The number of aromatic nitrogens is 3. The van der Waals surface area contributed by atoms with Gasteiger partial charge in [-0.15, -0.1) is 0 Å². The van der Waals surface area contributed by atoms with E-state index in [0.717, 1.165) is 48.0 Å². The number of amides is 1. The third-order valence-electron chi connectivity index (χ3n) is 6.17. The van der Waals surface area contributed by atoms with Gasteiger partial charge in [-0.1, -0.05) is 43.2 Å². The minimum absolute atomic E-state index is 0.0210. The molecular weight excluding hydrogens is 386 g/mol. The summed E-state index contributed by atoms with van der Waals surface area (Å²) in [6.07, 6.45) is 8.96. The Morgan fingerprint density at radius 1 is 0.871 bits per heavy atom. The summed E-state index contributed by atoms with van der Waals surface area (Å²) in [4.78, 5) is 31.5. The van der Waals surface area contributed by atoms with Crippen molar-refractivity contribution in [1.29, 1.82) is 0 Å². The first-order valence-electron chi connectivity index (χ1n) is 11.2. The summed E-state index contributed by atoms with van der Waals surface area (Å²) in [6, 6.07) is 13.8. The maximum Gasteiger partial charge on any atom is 0.255 e. The zero-order chi connectivity index (χ0) is 21.0. The van der Waals surface area contributed by atoms with Crippen LogP contribution in [0.5, 0.6) is 0 Å². The summed E-state index contributed by atoms with van der Waals surface area (Å²) in [5.74, 6) is 1.81. The number of fused-ring (bicyclic) bond motifs is 1. The Morgan fingerprint density at radius 3 is 2.42 bits per heavy atom. The van der Waals surface area contributed by atoms with Crippen molar-refractivity contribution in [3.05, 3.63) is 71.7 Å². The van der Waals surface area contributed by atoms with Gasteiger partial charge in [0, 0.05) is 49.6 Å². The number of carbonyl (C=O) groups is 1. The van der Waals surface area contributed by atoms with Gasteiger partial charge in [-0.25, -0.2) is 9.97 Å². The second-order valence-electron chi connectivity index (χ2n) is 8.28. The summed E-state index contributed by atoms with van der Waals surface area (Å²) < 4.78 is 0. The fraction of sp³-hybridized carbons (Fsp3) is 0.360. The quantitative estimate of drug-likeness (QED) is 0.646. The lowest BCUT2D eigenvalue weighted by atomic mass is 10.0. The zero-order valence-corrected chi connectivity index (χ0v) is 17.7. The van der Waals surface area contributed by atoms with Gasteiger partial charge >= 0.3 is 0 Å². The number of anilines is 1. The molecule has 2 aliphatic rings. The number of pyridine rings is 1. The molecule has 0 radical (unpaired) electrons. The molecule has 5 rings (SSSR count). The van der Waals surface area contributed by atoms with Crippen LogP contribution in [0.1, 0.15) is 47.3 Å². The lowest BCUT2D eigenvalue weighted by molar-refractivity contribution is 0.0733. The summed E-state index contributed by atoms with van der Waals surface area (Å²) in [7, 11) is 0. The SMILES string of the molecule is O=C(c1cccnc1)N1CCc2nc(-c3ccccc3)nc(N3CCCCCC3)c2C1. The number of benzene rings is 1. The Kier molecular flexibility index (Phi) is 5.61. The van der Waals surface area contributed by atoms with E-state index in [1.807, 2.05) is 35.2 Å². The van der Waals surface area contributed by atoms with Crippen LogP contribution < -0.4 is 4.90 Å². The molecule has 0 spiro atoms. The molecule has 0 bridgehead atoms. The van der Waals surface area contributed by atoms with Crippen molar-refractivity contribution in [1.82, 2.24) is 19.9 Å². The molecule has 4 heterocycles. The van der Waals surface area contributed by atoms with Gasteiger partial charge in [0.25, 0.3) is 5.91 Å². The Bertz CT molecular complexity index is 1050. The third kappa shape index (κ3) is 4.15. The maximum atomic E-state index is 13.1. The van der Waals surface area contributed by atoms with Gasteiger partial charge in [0.2, 0.25) is 0 Å². The highest BCUT2D eigenvalue weighted by Crippen LogP contribution is 2.31. The average molecular weight is 414 g/mol. The summed E-state index contributed by atoms with van der Waals surface area (Å²) in [5.41, 5.74) is 3.84. The molecule has 0 N–H and O–H groups in total. The van der Waals surface area contributed by atoms with Crippen LogP contribution in [0.3, 0.4) is 0 Å². The van der Waals surface area contributed by atoms with Crippen molar-refractivity contribution in [2.45, 2.75) is 38.6 Å². The Labute approximate surface area is 183 Å². The number of hydrogen-bond acceptors (Lipinski definition) is 5. The molecule has 1 fully saturated rings. The van der Waals surface area contributed by atoms with E-state index in [0.29, 0.717) is 18.7 Å². The van der Waals surface area contributed by atoms with Gasteiger partial charge in [0.05, 0.1) is 17.8 Å². The molecule has 2 aromatic heterocycles. The molecule has 158 valence electrons. The predicted octanol–water partition coefficient (Wildman–Crippen LogP) is 4.12. The smallest absolute Gasteiger partial charge is 0.255 e. The molecule has 1 aromatic carbocycles. The van der Waals surface area contributed by atoms with Gasteiger partial charge < -0.3 is 9.80 Å². The van der Waals surface area contributed by atoms with Crippen molar-refractivity contribution in [3.8, 4) is 11.4 Å². The molecule has 1 amide bonds. The van der Waals surface area contributed by atoms with Crippen molar-refractivity contribution in [2.75, 3.05) is 24.5 Å². The normalized spacial score (nSPS) is 16.5. The van der Waals surface area contributed by atoms with E-state index in [1.165, 1.54) is 25.7 Å². The van der Waals surface area contributed by atoms with E-state index in [9.17, 15) is 4.79 Å². The van der Waals surface area contributed by atoms with Crippen LogP contribution in [-0.4, -0.2) is 45.4 Å². The minimum atomic E-state index is 0.0210. The first-order chi connectivity index (χ1) is 15.3. The first kappa shape index (κ1) is 19.7. The Morgan fingerprint density at radius 2 is 1.68 bits per heavy atom. The van der Waals surface area contributed by atoms with Gasteiger partial charge in [0.1, 0.15) is 5.82 Å². The molecule has 2 aliphatic heterocycles. The van der Waals surface area contributed by atoms with Gasteiger partial charge in [0.15, 0.2) is 5.82 Å². The molecule has 6 heteroatoms. The van der Waals surface area contributed by atoms with E-state index >= 15 is 0 Å². The zero-order valence-electron chi connectivity index (χ0n) is 17.7. The standard InChI is InChI=1S/C25H27N5O/c31-25(20-11-8-13-26-17-20)30-16-12-22-21(18-30)24(29-14-6-1-2-7-15-29)28-23(27-22)19-9-4-3-5-10-19/h3-5,8-11,13,17H,1-2,6-7,12,14-16,18H2. The van der Waals surface area contributed by atoms with Gasteiger partial charge in [-0.05, 0) is 25.0 Å². The lowest BCUT2D eigenvalue weighted by Crippen LogP contribution is -2.38. The Balaban J connectivity index is 1.53. The van der Waals surface area contributed by atoms with Crippen molar-refractivity contribution in [3.63, 3.8) is 0 Å². The summed E-state index contributed by atoms with van der Waals surface area (Å²) in [6.45, 7) is 3.22. The fourth-order valence-corrected chi connectivity index (χ4v) is 4.50. The topological polar surface area (TPSA) is 62.2 Å². The van der Waals surface area contributed by atoms with Crippen LogP contribution in [0, 0.1) is 0 Å². The van der Waals surface area contributed by atoms with Gasteiger partial charge in [-0.2, -0.15) is 0 Å². The second kappa shape index (κ2) is 8.84. The molecule has 31 heavy (non-hydrogen) atoms. The largest absolute Gasteiger partial charge is 0.356 e. The number of hydrogen-bond donors (Lipinski definition) is 0. The monoisotopic (exact) mass is 413 g/mol. The average Bonchev–Trinajstić information content (AvgIpc) is 3.13. The van der Waals surface area contributed by atoms with Crippen LogP contribution >= 0.6 is 0 Å². The van der Waals surface area contributed by atoms with Crippen molar-refractivity contribution in [2.24, 2.45) is 0 Å². The van der Waals surface area contributed by atoms with Crippen molar-refractivity contribution >= 4 is 11.7 Å². The number of rotatable bonds is 3. The summed E-state index contributed by atoms with van der Waals surface area (Å²) >= 11 is 0. The van der Waals surface area contributed by atoms with Crippen molar-refractivity contribution < 1.29 is 4.79 Å². The first-order valence-corrected chi connectivity index (χ1v) is 11.2. The molecule has 0 atom stereocenters. The van der Waals surface area contributed by atoms with E-state index < -0.39 is 0 Å². The van der Waals surface area contributed by atoms with Crippen LogP contribution in [0.25, 0.3) is 11.4 Å². The van der Waals surface area contributed by atoms with E-state index in [1.54, 1.807) is 12.4 Å². The highest BCUT2D eigenvalue weighted by molar-refractivity contribution is 5.94. The minimum Gasteiger partial charge on any atom is -0.356 e. The van der Waals surface area contributed by atoms with E-state index in [4.69, 9.17) is 9.97 Å². The molecule has 0 unspecified atom stereocenters. The number of nitrogens with zero attached hydrogens (tertiary/aromatic N) is 5. The van der Waals surface area contributed by atoms with Crippen LogP contribution in [0.4, 0.5) is 5.82 Å². The van der Waals surface area contributed by atoms with Gasteiger partial charge in [-0.3, -0.25) is 9.78 Å². The molecule has 3 aromatic rings. The molecule has 6 nitrogen and oxygen atoms in total. The highest BCUT2D eigenvalue weighted by atomic mass is 16.2. The molecule has 0 aliphatic carbocycles. The van der Waals surface area contributed by atoms with Crippen LogP contribution in [0.2, 0.25) is 0 Å². The highest BCUT2D eigenvalue weighted by Gasteiger charge is 2.28. The number of carbonyl (C=O) groups excluding carboxylic acids is 1. The maximum absolute atomic E-state index is 13.1. The summed E-state index contributed by atoms with van der Waals surface area (Å²) in [5, 5.41) is 0. The Hall–Kier alpha value is -3.28. The lowest BCUT2D eigenvalue weighted by Gasteiger charge is -2.33. The molecule has 1 saturated heterocycles.